The third-order valence-corrected chi connectivity index (χ3v) is 6.16. The van der Waals surface area contributed by atoms with Gasteiger partial charge in [0, 0.05) is 12.2 Å². The largest absolute Gasteiger partial charge is 0.411 e. The average Bonchev–Trinajstić information content (AvgIpc) is 2.94. The van der Waals surface area contributed by atoms with Gasteiger partial charge in [-0.3, -0.25) is 4.79 Å². The van der Waals surface area contributed by atoms with Crippen molar-refractivity contribution in [2.45, 2.75) is 63.6 Å². The van der Waals surface area contributed by atoms with Gasteiger partial charge in [-0.1, -0.05) is 26.0 Å². The van der Waals surface area contributed by atoms with E-state index in [0.29, 0.717) is 31.7 Å². The number of amides is 1. The zero-order valence-corrected chi connectivity index (χ0v) is 16.4. The van der Waals surface area contributed by atoms with Crippen molar-refractivity contribution in [1.29, 1.82) is 0 Å². The maximum absolute atomic E-state index is 13.1. The van der Waals surface area contributed by atoms with Crippen molar-refractivity contribution in [3.05, 3.63) is 29.8 Å². The Balaban J connectivity index is 1.60. The molecule has 1 aromatic carbocycles. The summed E-state index contributed by atoms with van der Waals surface area (Å²) in [6, 6.07) is 8.01. The van der Waals surface area contributed by atoms with Crippen LogP contribution in [-0.2, 0) is 9.53 Å². The Labute approximate surface area is 163 Å². The highest BCUT2D eigenvalue weighted by molar-refractivity contribution is 6.00. The Kier molecular flexibility index (Phi) is 5.79. The molecule has 7 heteroatoms. The van der Waals surface area contributed by atoms with Crippen molar-refractivity contribution in [2.75, 3.05) is 24.7 Å². The smallest absolute Gasteiger partial charge is 0.387 e. The minimum atomic E-state index is -4.40. The molecule has 0 radical (unpaired) electrons. The number of carbonyl (C=O) groups excluding carboxylic acids is 1. The Bertz CT molecular complexity index is 692. The van der Waals surface area contributed by atoms with Crippen molar-refractivity contribution >= 4 is 11.6 Å². The molecule has 156 valence electrons. The van der Waals surface area contributed by atoms with Crippen LogP contribution in [0.25, 0.3) is 0 Å². The summed E-state index contributed by atoms with van der Waals surface area (Å²) < 4.78 is 41.4. The Morgan fingerprint density at radius 2 is 1.71 bits per heavy atom. The number of benzene rings is 1. The molecule has 1 N–H and O–H groups in total. The third kappa shape index (κ3) is 4.51. The van der Waals surface area contributed by atoms with Gasteiger partial charge in [-0.2, -0.15) is 13.2 Å². The first kappa shape index (κ1) is 21.1. The molecule has 1 spiro atoms. The van der Waals surface area contributed by atoms with Gasteiger partial charge in [0.25, 0.3) is 0 Å². The molecule has 4 nitrogen and oxygen atoms in total. The second kappa shape index (κ2) is 7.67. The first-order valence-electron chi connectivity index (χ1n) is 9.83. The lowest BCUT2D eigenvalue weighted by Crippen LogP contribution is -2.46. The molecule has 28 heavy (non-hydrogen) atoms. The monoisotopic (exact) mass is 399 g/mol. The van der Waals surface area contributed by atoms with Crippen LogP contribution >= 0.6 is 0 Å². The van der Waals surface area contributed by atoms with Crippen LogP contribution in [0.3, 0.4) is 0 Å². The van der Waals surface area contributed by atoms with Crippen molar-refractivity contribution in [3.8, 4) is 0 Å². The molecule has 1 aromatic rings. The molecule has 2 fully saturated rings. The molecule has 1 aliphatic carbocycles. The summed E-state index contributed by atoms with van der Waals surface area (Å²) in [5.41, 5.74) is 0.281. The van der Waals surface area contributed by atoms with E-state index in [1.165, 1.54) is 5.56 Å². The fourth-order valence-corrected chi connectivity index (χ4v) is 4.26. The Morgan fingerprint density at radius 1 is 1.11 bits per heavy atom. The quantitative estimate of drug-likeness (QED) is 0.798. The van der Waals surface area contributed by atoms with E-state index in [0.717, 1.165) is 5.69 Å². The normalized spacial score (nSPS) is 28.5. The van der Waals surface area contributed by atoms with E-state index in [9.17, 15) is 23.1 Å². The number of aliphatic hydroxyl groups is 1. The number of rotatable bonds is 5. The molecule has 0 bridgehead atoms. The van der Waals surface area contributed by atoms with Gasteiger partial charge in [0.15, 0.2) is 0 Å². The lowest BCUT2D eigenvalue weighted by Gasteiger charge is -2.40. The van der Waals surface area contributed by atoms with Crippen molar-refractivity contribution < 1.29 is 27.8 Å². The standard InChI is InChI=1S/C21H28F3NO3/c1-15(2)16-3-5-17(6-4-16)25-12-11-19(18(25)26)7-9-20(27,10-8-19)13-28-14-21(22,23)24/h3-6,15,27H,7-14H2,1-2H3. The number of halogens is 3. The van der Waals surface area contributed by atoms with Crippen molar-refractivity contribution in [2.24, 2.45) is 5.41 Å². The number of anilines is 1. The minimum absolute atomic E-state index is 0.0584. The molecular weight excluding hydrogens is 371 g/mol. The van der Waals surface area contributed by atoms with Gasteiger partial charge in [0.05, 0.1) is 17.6 Å². The predicted molar refractivity (Wildman–Crippen MR) is 100 cm³/mol. The molecule has 1 heterocycles. The second-order valence-electron chi connectivity index (χ2n) is 8.57. The molecule has 0 aromatic heterocycles. The van der Waals surface area contributed by atoms with E-state index in [1.54, 1.807) is 4.90 Å². The molecule has 0 unspecified atom stereocenters. The van der Waals surface area contributed by atoms with Gasteiger partial charge in [-0.15, -0.1) is 0 Å². The van der Waals surface area contributed by atoms with Crippen molar-refractivity contribution in [1.82, 2.24) is 0 Å². The topological polar surface area (TPSA) is 49.8 Å². The number of alkyl halides is 3. The lowest BCUT2D eigenvalue weighted by atomic mass is 9.68. The summed E-state index contributed by atoms with van der Waals surface area (Å²) >= 11 is 0. The molecule has 1 saturated heterocycles. The summed E-state index contributed by atoms with van der Waals surface area (Å²) in [5, 5.41) is 10.5. The SMILES string of the molecule is CC(C)c1ccc(N2CCC3(CCC(O)(COCC(F)(F)F)CC3)C2=O)cc1. The fraction of sp³-hybridized carbons (Fsp3) is 0.667. The predicted octanol–water partition coefficient (Wildman–Crippen LogP) is 4.42. The summed E-state index contributed by atoms with van der Waals surface area (Å²) in [5.74, 6) is 0.480. The Hall–Kier alpha value is -1.60. The van der Waals surface area contributed by atoms with Gasteiger partial charge in [-0.25, -0.2) is 0 Å². The van der Waals surface area contributed by atoms with Crippen LogP contribution in [0, 0.1) is 5.41 Å². The number of nitrogens with zero attached hydrogens (tertiary/aromatic N) is 1. The molecule has 3 rings (SSSR count). The molecule has 1 saturated carbocycles. The zero-order chi connectivity index (χ0) is 20.6. The third-order valence-electron chi connectivity index (χ3n) is 6.16. The molecule has 0 atom stereocenters. The van der Waals surface area contributed by atoms with E-state index in [4.69, 9.17) is 0 Å². The van der Waals surface area contributed by atoms with E-state index < -0.39 is 23.8 Å². The van der Waals surface area contributed by atoms with Gasteiger partial charge >= 0.3 is 6.18 Å². The van der Waals surface area contributed by atoms with E-state index >= 15 is 0 Å². The molecular formula is C21H28F3NO3. The van der Waals surface area contributed by atoms with E-state index in [-0.39, 0.29) is 25.4 Å². The first-order valence-corrected chi connectivity index (χ1v) is 9.83. The lowest BCUT2D eigenvalue weighted by molar-refractivity contribution is -0.191. The summed E-state index contributed by atoms with van der Waals surface area (Å²) in [6.07, 6.45) is -2.21. The van der Waals surface area contributed by atoms with Crippen LogP contribution in [0.4, 0.5) is 18.9 Å². The van der Waals surface area contributed by atoms with Crippen molar-refractivity contribution in [3.63, 3.8) is 0 Å². The van der Waals surface area contributed by atoms with Crippen LogP contribution in [-0.4, -0.2) is 42.5 Å². The summed E-state index contributed by atoms with van der Waals surface area (Å²) in [7, 11) is 0. The van der Waals surface area contributed by atoms with Crippen LogP contribution in [0.5, 0.6) is 0 Å². The minimum Gasteiger partial charge on any atom is -0.387 e. The van der Waals surface area contributed by atoms with Crippen LogP contribution < -0.4 is 4.90 Å². The maximum Gasteiger partial charge on any atom is 0.411 e. The Morgan fingerprint density at radius 3 is 2.25 bits per heavy atom. The zero-order valence-electron chi connectivity index (χ0n) is 16.4. The molecule has 2 aliphatic rings. The average molecular weight is 399 g/mol. The number of carbonyl (C=O) groups is 1. The fourth-order valence-electron chi connectivity index (χ4n) is 4.26. The van der Waals surface area contributed by atoms with E-state index in [1.807, 2.05) is 24.3 Å². The van der Waals surface area contributed by atoms with Gasteiger partial charge in [-0.05, 0) is 55.7 Å². The van der Waals surface area contributed by atoms with Gasteiger partial charge in [0.2, 0.25) is 5.91 Å². The molecule has 1 aliphatic heterocycles. The first-order chi connectivity index (χ1) is 13.0. The molecule has 1 amide bonds. The summed E-state index contributed by atoms with van der Waals surface area (Å²) in [6.45, 7) is 3.15. The number of ether oxygens (including phenoxy) is 1. The van der Waals surface area contributed by atoms with Crippen LogP contribution in [0.1, 0.15) is 57.4 Å². The number of hydrogen-bond acceptors (Lipinski definition) is 3. The van der Waals surface area contributed by atoms with Crippen LogP contribution in [0.2, 0.25) is 0 Å². The maximum atomic E-state index is 13.1. The van der Waals surface area contributed by atoms with Gasteiger partial charge in [0.1, 0.15) is 6.61 Å². The summed E-state index contributed by atoms with van der Waals surface area (Å²) in [4.78, 5) is 14.9. The van der Waals surface area contributed by atoms with Crippen LogP contribution in [0.15, 0.2) is 24.3 Å². The van der Waals surface area contributed by atoms with E-state index in [2.05, 4.69) is 18.6 Å². The van der Waals surface area contributed by atoms with Gasteiger partial charge < -0.3 is 14.7 Å². The highest BCUT2D eigenvalue weighted by atomic mass is 19.4. The highest BCUT2D eigenvalue weighted by Crippen LogP contribution is 2.48. The highest BCUT2D eigenvalue weighted by Gasteiger charge is 2.51. The second-order valence-corrected chi connectivity index (χ2v) is 8.57. The number of hydrogen-bond donors (Lipinski definition) is 1.